The first-order valence-corrected chi connectivity index (χ1v) is 7.63. The summed E-state index contributed by atoms with van der Waals surface area (Å²) in [5.74, 6) is -0.422. The van der Waals surface area contributed by atoms with E-state index in [4.69, 9.17) is 0 Å². The summed E-state index contributed by atoms with van der Waals surface area (Å²) >= 11 is 1.69. The number of rotatable bonds is 5. The van der Waals surface area contributed by atoms with E-state index in [0.29, 0.717) is 5.71 Å². The summed E-state index contributed by atoms with van der Waals surface area (Å²) < 4.78 is 0. The number of carbonyl (C=O) groups excluding carboxylic acids is 1. The van der Waals surface area contributed by atoms with Gasteiger partial charge in [-0.1, -0.05) is 53.8 Å². The highest BCUT2D eigenvalue weighted by atomic mass is 32.2. The molecule has 0 saturated carbocycles. The highest BCUT2D eigenvalue weighted by Crippen LogP contribution is 2.28. The first kappa shape index (κ1) is 16.0. The fourth-order valence-corrected chi connectivity index (χ4v) is 2.57. The van der Waals surface area contributed by atoms with Gasteiger partial charge in [-0.05, 0) is 42.3 Å². The molecule has 0 unspecified atom stereocenters. The predicted molar refractivity (Wildman–Crippen MR) is 91.1 cm³/mol. The quantitative estimate of drug-likeness (QED) is 0.453. The Kier molecular flexibility index (Phi) is 5.55. The first-order chi connectivity index (χ1) is 10.6. The van der Waals surface area contributed by atoms with Crippen LogP contribution in [0.15, 0.2) is 70.1 Å². The summed E-state index contributed by atoms with van der Waals surface area (Å²) in [6, 6.07) is 16.2. The van der Waals surface area contributed by atoms with Crippen molar-refractivity contribution in [2.24, 2.45) is 5.16 Å². The lowest BCUT2D eigenvalue weighted by Gasteiger charge is -2.04. The SMILES string of the molecule is C=Cc1ccc(Sc2ccc(/C(C)=N/OC(C)=O)cc2)cc1. The third kappa shape index (κ3) is 4.60. The van der Waals surface area contributed by atoms with Crippen molar-refractivity contribution >= 4 is 29.5 Å². The Morgan fingerprint density at radius 2 is 1.59 bits per heavy atom. The zero-order chi connectivity index (χ0) is 15.9. The van der Waals surface area contributed by atoms with Crippen LogP contribution in [0.1, 0.15) is 25.0 Å². The standard InChI is InChI=1S/C18H17NO2S/c1-4-15-5-9-17(10-6-15)22-18-11-7-16(8-12-18)13(2)19-21-14(3)20/h4-12H,1H2,2-3H3/b19-13+. The maximum absolute atomic E-state index is 10.7. The minimum atomic E-state index is -0.422. The van der Waals surface area contributed by atoms with Crippen LogP contribution in [0.25, 0.3) is 6.08 Å². The average molecular weight is 311 g/mol. The molecular weight excluding hydrogens is 294 g/mol. The molecule has 0 aliphatic heterocycles. The Hall–Kier alpha value is -2.33. The van der Waals surface area contributed by atoms with Crippen LogP contribution in [0.5, 0.6) is 0 Å². The summed E-state index contributed by atoms with van der Waals surface area (Å²) in [5, 5.41) is 3.78. The number of carbonyl (C=O) groups is 1. The van der Waals surface area contributed by atoms with E-state index in [-0.39, 0.29) is 0 Å². The molecule has 0 radical (unpaired) electrons. The van der Waals surface area contributed by atoms with Gasteiger partial charge in [0.25, 0.3) is 0 Å². The lowest BCUT2D eigenvalue weighted by atomic mass is 10.1. The molecule has 0 fully saturated rings. The van der Waals surface area contributed by atoms with Crippen LogP contribution >= 0.6 is 11.8 Å². The summed E-state index contributed by atoms with van der Waals surface area (Å²) in [6.07, 6.45) is 1.83. The van der Waals surface area contributed by atoms with Gasteiger partial charge in [0.2, 0.25) is 0 Å². The van der Waals surface area contributed by atoms with Gasteiger partial charge in [0.05, 0.1) is 5.71 Å². The van der Waals surface area contributed by atoms with Crippen LogP contribution in [-0.4, -0.2) is 11.7 Å². The number of benzene rings is 2. The van der Waals surface area contributed by atoms with E-state index in [9.17, 15) is 4.79 Å². The highest BCUT2D eigenvalue weighted by molar-refractivity contribution is 7.99. The van der Waals surface area contributed by atoms with Gasteiger partial charge in [-0.3, -0.25) is 0 Å². The Morgan fingerprint density at radius 1 is 1.05 bits per heavy atom. The minimum absolute atomic E-state index is 0.422. The fraction of sp³-hybridized carbons (Fsp3) is 0.111. The summed E-state index contributed by atoms with van der Waals surface area (Å²) in [6.45, 7) is 6.88. The number of hydrogen-bond donors (Lipinski definition) is 0. The molecule has 22 heavy (non-hydrogen) atoms. The van der Waals surface area contributed by atoms with Crippen molar-refractivity contribution < 1.29 is 9.63 Å². The van der Waals surface area contributed by atoms with Crippen LogP contribution in [-0.2, 0) is 9.63 Å². The molecule has 0 saturated heterocycles. The van der Waals surface area contributed by atoms with Crippen molar-refractivity contribution in [2.45, 2.75) is 23.6 Å². The van der Waals surface area contributed by atoms with Gasteiger partial charge in [0, 0.05) is 16.7 Å². The van der Waals surface area contributed by atoms with Crippen LogP contribution in [0, 0.1) is 0 Å². The van der Waals surface area contributed by atoms with E-state index in [2.05, 4.69) is 28.7 Å². The largest absolute Gasteiger partial charge is 0.331 e. The van der Waals surface area contributed by atoms with E-state index in [1.165, 1.54) is 11.8 Å². The maximum Gasteiger partial charge on any atom is 0.331 e. The second-order valence-electron chi connectivity index (χ2n) is 4.66. The second-order valence-corrected chi connectivity index (χ2v) is 5.81. The Bertz CT molecular complexity index is 688. The fourth-order valence-electron chi connectivity index (χ4n) is 1.76. The molecule has 0 N–H and O–H groups in total. The minimum Gasteiger partial charge on any atom is -0.318 e. The van der Waals surface area contributed by atoms with Crippen molar-refractivity contribution in [3.8, 4) is 0 Å². The molecule has 0 heterocycles. The van der Waals surface area contributed by atoms with E-state index < -0.39 is 5.97 Å². The molecule has 0 amide bonds. The van der Waals surface area contributed by atoms with Crippen molar-refractivity contribution in [2.75, 3.05) is 0 Å². The molecule has 0 aromatic heterocycles. The van der Waals surface area contributed by atoms with E-state index >= 15 is 0 Å². The van der Waals surface area contributed by atoms with Crippen LogP contribution in [0.4, 0.5) is 0 Å². The molecular formula is C18H17NO2S. The Labute approximate surface area is 134 Å². The Balaban J connectivity index is 2.06. The molecule has 0 aliphatic carbocycles. The monoisotopic (exact) mass is 311 g/mol. The van der Waals surface area contributed by atoms with Crippen molar-refractivity contribution in [3.05, 3.63) is 66.2 Å². The zero-order valence-electron chi connectivity index (χ0n) is 12.6. The van der Waals surface area contributed by atoms with E-state index in [0.717, 1.165) is 16.0 Å². The van der Waals surface area contributed by atoms with Gasteiger partial charge in [-0.25, -0.2) is 4.79 Å². The second kappa shape index (κ2) is 7.61. The van der Waals surface area contributed by atoms with Crippen LogP contribution in [0.3, 0.4) is 0 Å². The third-order valence-corrected chi connectivity index (χ3v) is 3.95. The average Bonchev–Trinajstić information content (AvgIpc) is 2.54. The summed E-state index contributed by atoms with van der Waals surface area (Å²) in [5.41, 5.74) is 2.70. The molecule has 2 aromatic rings. The van der Waals surface area contributed by atoms with Gasteiger partial charge in [0.1, 0.15) is 0 Å². The number of hydrogen-bond acceptors (Lipinski definition) is 4. The molecule has 0 aliphatic rings. The lowest BCUT2D eigenvalue weighted by molar-refractivity contribution is -0.140. The summed E-state index contributed by atoms with van der Waals surface area (Å²) in [4.78, 5) is 17.7. The zero-order valence-corrected chi connectivity index (χ0v) is 13.4. The topological polar surface area (TPSA) is 38.7 Å². The summed E-state index contributed by atoms with van der Waals surface area (Å²) in [7, 11) is 0. The van der Waals surface area contributed by atoms with E-state index in [1.807, 2.05) is 42.5 Å². The number of nitrogens with zero attached hydrogens (tertiary/aromatic N) is 1. The van der Waals surface area contributed by atoms with Gasteiger partial charge in [-0.2, -0.15) is 0 Å². The van der Waals surface area contributed by atoms with Gasteiger partial charge in [-0.15, -0.1) is 0 Å². The normalized spacial score (nSPS) is 11.1. The maximum atomic E-state index is 10.7. The van der Waals surface area contributed by atoms with E-state index in [1.54, 1.807) is 18.7 Å². The third-order valence-electron chi connectivity index (χ3n) is 2.93. The van der Waals surface area contributed by atoms with Gasteiger partial charge in [0.15, 0.2) is 0 Å². The van der Waals surface area contributed by atoms with Crippen LogP contribution in [0.2, 0.25) is 0 Å². The van der Waals surface area contributed by atoms with Crippen molar-refractivity contribution in [3.63, 3.8) is 0 Å². The predicted octanol–water partition coefficient (Wildman–Crippen LogP) is 4.77. The van der Waals surface area contributed by atoms with Gasteiger partial charge >= 0.3 is 5.97 Å². The highest BCUT2D eigenvalue weighted by Gasteiger charge is 2.02. The van der Waals surface area contributed by atoms with Crippen molar-refractivity contribution in [1.29, 1.82) is 0 Å². The van der Waals surface area contributed by atoms with Crippen LogP contribution < -0.4 is 0 Å². The molecule has 112 valence electrons. The molecule has 2 aromatic carbocycles. The molecule has 0 spiro atoms. The van der Waals surface area contributed by atoms with Crippen molar-refractivity contribution in [1.82, 2.24) is 0 Å². The molecule has 0 bridgehead atoms. The smallest absolute Gasteiger partial charge is 0.318 e. The first-order valence-electron chi connectivity index (χ1n) is 6.81. The number of oxime groups is 1. The lowest BCUT2D eigenvalue weighted by Crippen LogP contribution is -1.99. The molecule has 4 heteroatoms. The molecule has 3 nitrogen and oxygen atoms in total. The molecule has 2 rings (SSSR count). The molecule has 0 atom stereocenters. The van der Waals surface area contributed by atoms with Gasteiger partial charge < -0.3 is 4.84 Å². The Morgan fingerprint density at radius 3 is 2.09 bits per heavy atom.